The molecule has 2 amide bonds. The zero-order valence-corrected chi connectivity index (χ0v) is 16.6. The third-order valence-corrected chi connectivity index (χ3v) is 5.11. The zero-order chi connectivity index (χ0) is 20.1. The van der Waals surface area contributed by atoms with E-state index in [4.69, 9.17) is 4.74 Å². The molecule has 1 aromatic carbocycles. The van der Waals surface area contributed by atoms with Crippen molar-refractivity contribution in [3.63, 3.8) is 0 Å². The smallest absolute Gasteiger partial charge is 0.312 e. The fourth-order valence-corrected chi connectivity index (χ4v) is 3.60. The minimum atomic E-state index is -0.539. The highest BCUT2D eigenvalue weighted by atomic mass is 32.1. The van der Waals surface area contributed by atoms with E-state index in [1.807, 2.05) is 31.1 Å². The van der Waals surface area contributed by atoms with Gasteiger partial charge in [-0.05, 0) is 30.7 Å². The van der Waals surface area contributed by atoms with E-state index in [0.29, 0.717) is 29.5 Å². The minimum Gasteiger partial charge on any atom is -0.455 e. The van der Waals surface area contributed by atoms with Gasteiger partial charge < -0.3 is 15.0 Å². The van der Waals surface area contributed by atoms with E-state index >= 15 is 0 Å². The molecule has 0 radical (unpaired) electrons. The Hall–Kier alpha value is -2.94. The highest BCUT2D eigenvalue weighted by Gasteiger charge is 2.24. The number of ether oxygens (including phenoxy) is 1. The van der Waals surface area contributed by atoms with Crippen LogP contribution in [0.15, 0.2) is 29.6 Å². The Morgan fingerprint density at radius 1 is 1.29 bits per heavy atom. The molecule has 1 aliphatic heterocycles. The fraction of sp³-hybridized carbons (Fsp3) is 0.368. The maximum Gasteiger partial charge on any atom is 0.312 e. The normalized spacial score (nSPS) is 13.5. The Bertz CT molecular complexity index is 863. The molecule has 8 nitrogen and oxygen atoms in total. The Labute approximate surface area is 167 Å². The number of carbonyl (C=O) groups excluding carboxylic acids is 3. The Balaban J connectivity index is 1.44. The quantitative estimate of drug-likeness (QED) is 0.713. The summed E-state index contributed by atoms with van der Waals surface area (Å²) < 4.78 is 5.02. The zero-order valence-electron chi connectivity index (χ0n) is 15.8. The van der Waals surface area contributed by atoms with Gasteiger partial charge in [0, 0.05) is 43.8 Å². The number of nitrogens with zero attached hydrogens (tertiary/aromatic N) is 3. The molecular weight excluding hydrogens is 380 g/mol. The molecule has 0 bridgehead atoms. The van der Waals surface area contributed by atoms with E-state index in [1.54, 1.807) is 22.4 Å². The van der Waals surface area contributed by atoms with Crippen molar-refractivity contribution in [1.82, 2.24) is 4.98 Å². The number of hydrogen-bond acceptors (Lipinski definition) is 7. The summed E-state index contributed by atoms with van der Waals surface area (Å²) >= 11 is 1.33. The molecule has 28 heavy (non-hydrogen) atoms. The van der Waals surface area contributed by atoms with Crippen LogP contribution in [0, 0.1) is 0 Å². The SMILES string of the molecule is CN(C)c1ccc(NC(=O)COC(=O)Cc2csc(N3CCCC3=O)n2)cc1. The number of anilines is 3. The monoisotopic (exact) mass is 402 g/mol. The number of benzene rings is 1. The first-order chi connectivity index (χ1) is 13.4. The Morgan fingerprint density at radius 3 is 2.68 bits per heavy atom. The van der Waals surface area contributed by atoms with Gasteiger partial charge in [0.05, 0.1) is 12.1 Å². The third kappa shape index (κ3) is 5.07. The van der Waals surface area contributed by atoms with Gasteiger partial charge in [-0.2, -0.15) is 0 Å². The van der Waals surface area contributed by atoms with E-state index in [-0.39, 0.29) is 18.9 Å². The Morgan fingerprint density at radius 2 is 2.04 bits per heavy atom. The van der Waals surface area contributed by atoms with Crippen molar-refractivity contribution >= 4 is 45.6 Å². The van der Waals surface area contributed by atoms with Gasteiger partial charge >= 0.3 is 5.97 Å². The van der Waals surface area contributed by atoms with E-state index in [2.05, 4.69) is 10.3 Å². The first kappa shape index (κ1) is 19.8. The fourth-order valence-electron chi connectivity index (χ4n) is 2.74. The van der Waals surface area contributed by atoms with Gasteiger partial charge in [0.15, 0.2) is 11.7 Å². The molecule has 2 heterocycles. The maximum atomic E-state index is 12.0. The van der Waals surface area contributed by atoms with Gasteiger partial charge in [0.25, 0.3) is 5.91 Å². The lowest BCUT2D eigenvalue weighted by Crippen LogP contribution is -2.23. The molecule has 0 aliphatic carbocycles. The second kappa shape index (κ2) is 8.83. The molecule has 1 saturated heterocycles. The van der Waals surface area contributed by atoms with E-state index in [9.17, 15) is 14.4 Å². The summed E-state index contributed by atoms with van der Waals surface area (Å²) in [5.74, 6) is -0.894. The van der Waals surface area contributed by atoms with Crippen LogP contribution in [0.2, 0.25) is 0 Å². The Kier molecular flexibility index (Phi) is 6.25. The lowest BCUT2D eigenvalue weighted by atomic mass is 10.2. The number of hydrogen-bond donors (Lipinski definition) is 1. The van der Waals surface area contributed by atoms with Gasteiger partial charge in [-0.3, -0.25) is 19.3 Å². The van der Waals surface area contributed by atoms with Crippen molar-refractivity contribution in [2.24, 2.45) is 0 Å². The number of thiazole rings is 1. The largest absolute Gasteiger partial charge is 0.455 e. The van der Waals surface area contributed by atoms with Crippen LogP contribution >= 0.6 is 11.3 Å². The van der Waals surface area contributed by atoms with Crippen LogP contribution in [0.4, 0.5) is 16.5 Å². The summed E-state index contributed by atoms with van der Waals surface area (Å²) in [5.41, 5.74) is 2.18. The van der Waals surface area contributed by atoms with Crippen LogP contribution in [0.3, 0.4) is 0 Å². The van der Waals surface area contributed by atoms with Gasteiger partial charge in [-0.15, -0.1) is 11.3 Å². The lowest BCUT2D eigenvalue weighted by molar-refractivity contribution is -0.146. The van der Waals surface area contributed by atoms with Crippen molar-refractivity contribution in [1.29, 1.82) is 0 Å². The third-order valence-electron chi connectivity index (χ3n) is 4.20. The second-order valence-electron chi connectivity index (χ2n) is 6.60. The number of aromatic nitrogens is 1. The average molecular weight is 402 g/mol. The molecule has 0 spiro atoms. The van der Waals surface area contributed by atoms with Crippen molar-refractivity contribution in [2.45, 2.75) is 19.3 Å². The summed E-state index contributed by atoms with van der Waals surface area (Å²) in [6.07, 6.45) is 1.32. The molecule has 1 aromatic heterocycles. The summed E-state index contributed by atoms with van der Waals surface area (Å²) in [6.45, 7) is 0.293. The summed E-state index contributed by atoms with van der Waals surface area (Å²) in [4.78, 5) is 43.6. The van der Waals surface area contributed by atoms with E-state index < -0.39 is 11.9 Å². The summed E-state index contributed by atoms with van der Waals surface area (Å²) in [5, 5.41) is 5.01. The maximum absolute atomic E-state index is 12.0. The predicted molar refractivity (Wildman–Crippen MR) is 108 cm³/mol. The number of amides is 2. The van der Waals surface area contributed by atoms with Gasteiger partial charge in [-0.25, -0.2) is 4.98 Å². The predicted octanol–water partition coefficient (Wildman–Crippen LogP) is 2.06. The van der Waals surface area contributed by atoms with Crippen LogP contribution in [-0.2, 0) is 25.5 Å². The first-order valence-corrected chi connectivity index (χ1v) is 9.78. The average Bonchev–Trinajstić information content (AvgIpc) is 3.29. The molecule has 148 valence electrons. The molecular formula is C19H22N4O4S. The number of esters is 1. The summed E-state index contributed by atoms with van der Waals surface area (Å²) in [6, 6.07) is 7.33. The van der Waals surface area contributed by atoms with Crippen LogP contribution in [-0.4, -0.2) is 50.0 Å². The number of rotatable bonds is 7. The van der Waals surface area contributed by atoms with Crippen LogP contribution in [0.5, 0.6) is 0 Å². The van der Waals surface area contributed by atoms with E-state index in [0.717, 1.165) is 12.1 Å². The first-order valence-electron chi connectivity index (χ1n) is 8.90. The molecule has 2 aromatic rings. The lowest BCUT2D eigenvalue weighted by Gasteiger charge is -2.13. The van der Waals surface area contributed by atoms with Crippen molar-refractivity contribution in [3.05, 3.63) is 35.3 Å². The van der Waals surface area contributed by atoms with Crippen LogP contribution in [0.1, 0.15) is 18.5 Å². The number of nitrogens with one attached hydrogen (secondary N) is 1. The van der Waals surface area contributed by atoms with Crippen LogP contribution in [0.25, 0.3) is 0 Å². The summed E-state index contributed by atoms with van der Waals surface area (Å²) in [7, 11) is 3.86. The van der Waals surface area contributed by atoms with Crippen molar-refractivity contribution in [3.8, 4) is 0 Å². The molecule has 1 N–H and O–H groups in total. The molecule has 1 fully saturated rings. The van der Waals surface area contributed by atoms with Gasteiger partial charge in [0.2, 0.25) is 5.91 Å². The van der Waals surface area contributed by atoms with Gasteiger partial charge in [0.1, 0.15) is 0 Å². The number of carbonyl (C=O) groups is 3. The van der Waals surface area contributed by atoms with Crippen molar-refractivity contribution < 1.29 is 19.1 Å². The highest BCUT2D eigenvalue weighted by molar-refractivity contribution is 7.14. The van der Waals surface area contributed by atoms with Crippen LogP contribution < -0.4 is 15.1 Å². The topological polar surface area (TPSA) is 91.8 Å². The molecule has 0 saturated carbocycles. The molecule has 3 rings (SSSR count). The highest BCUT2D eigenvalue weighted by Crippen LogP contribution is 2.25. The molecule has 1 aliphatic rings. The molecule has 9 heteroatoms. The van der Waals surface area contributed by atoms with Crippen molar-refractivity contribution in [2.75, 3.05) is 42.4 Å². The molecule has 0 unspecified atom stereocenters. The van der Waals surface area contributed by atoms with E-state index in [1.165, 1.54) is 11.3 Å². The standard InChI is InChI=1S/C19H22N4O4S/c1-22(2)15-7-5-13(6-8-15)20-16(24)11-27-18(26)10-14-12-28-19(21-14)23-9-3-4-17(23)25/h5-8,12H,3-4,9-11H2,1-2H3,(H,20,24). The second-order valence-corrected chi connectivity index (χ2v) is 7.43. The molecule has 0 atom stereocenters. The minimum absolute atomic E-state index is 0.0384. The van der Waals surface area contributed by atoms with Gasteiger partial charge in [-0.1, -0.05) is 0 Å².